The Morgan fingerprint density at radius 1 is 1.00 bits per heavy atom. The first kappa shape index (κ1) is 22.7. The van der Waals surface area contributed by atoms with Gasteiger partial charge >= 0.3 is 6.18 Å². The SMILES string of the molecule is Cl.NCC(=O)NCC(=O)N1CCN(C(=O)c2ccc(C(F)(F)F)cc2)CC1. The van der Waals surface area contributed by atoms with Gasteiger partial charge in [-0.15, -0.1) is 12.4 Å². The number of piperazine rings is 1. The first-order valence-electron chi connectivity index (χ1n) is 7.93. The molecule has 7 nitrogen and oxygen atoms in total. The van der Waals surface area contributed by atoms with Gasteiger partial charge in [0.1, 0.15) is 0 Å². The van der Waals surface area contributed by atoms with Crippen molar-refractivity contribution in [2.45, 2.75) is 6.18 Å². The third kappa shape index (κ3) is 6.10. The van der Waals surface area contributed by atoms with Crippen LogP contribution >= 0.6 is 12.4 Å². The molecule has 0 bridgehead atoms. The van der Waals surface area contributed by atoms with Crippen molar-refractivity contribution < 1.29 is 27.6 Å². The summed E-state index contributed by atoms with van der Waals surface area (Å²) in [6.45, 7) is 0.714. The number of nitrogens with zero attached hydrogens (tertiary/aromatic N) is 2. The van der Waals surface area contributed by atoms with E-state index in [1.165, 1.54) is 9.80 Å². The Morgan fingerprint density at radius 2 is 1.52 bits per heavy atom. The molecule has 1 aromatic rings. The zero-order chi connectivity index (χ0) is 19.3. The highest BCUT2D eigenvalue weighted by molar-refractivity contribution is 5.94. The largest absolute Gasteiger partial charge is 0.416 e. The molecule has 27 heavy (non-hydrogen) atoms. The molecule has 3 amide bonds. The fourth-order valence-corrected chi connectivity index (χ4v) is 2.50. The molecular formula is C16H20ClF3N4O3. The molecule has 0 atom stereocenters. The van der Waals surface area contributed by atoms with Crippen LogP contribution in [0.4, 0.5) is 13.2 Å². The second kappa shape index (κ2) is 9.56. The molecule has 1 aromatic carbocycles. The Balaban J connectivity index is 0.00000364. The van der Waals surface area contributed by atoms with E-state index in [9.17, 15) is 27.6 Å². The molecule has 1 heterocycles. The number of hydrogen-bond donors (Lipinski definition) is 2. The van der Waals surface area contributed by atoms with Crippen molar-refractivity contribution in [3.63, 3.8) is 0 Å². The molecule has 0 radical (unpaired) electrons. The quantitative estimate of drug-likeness (QED) is 0.757. The van der Waals surface area contributed by atoms with Gasteiger partial charge in [0.15, 0.2) is 0 Å². The minimum atomic E-state index is -4.45. The highest BCUT2D eigenvalue weighted by Crippen LogP contribution is 2.29. The van der Waals surface area contributed by atoms with Crippen LogP contribution in [0.15, 0.2) is 24.3 Å². The molecule has 1 aliphatic heterocycles. The predicted molar refractivity (Wildman–Crippen MR) is 93.2 cm³/mol. The van der Waals surface area contributed by atoms with Crippen LogP contribution in [0.5, 0.6) is 0 Å². The second-order valence-electron chi connectivity index (χ2n) is 5.73. The lowest BCUT2D eigenvalue weighted by Gasteiger charge is -2.35. The Morgan fingerprint density at radius 3 is 2.00 bits per heavy atom. The summed E-state index contributed by atoms with van der Waals surface area (Å²) in [5.74, 6) is -1.11. The van der Waals surface area contributed by atoms with Gasteiger partial charge in [-0.3, -0.25) is 14.4 Å². The molecular weight excluding hydrogens is 389 g/mol. The van der Waals surface area contributed by atoms with Gasteiger partial charge in [-0.05, 0) is 24.3 Å². The van der Waals surface area contributed by atoms with Gasteiger partial charge in [0.2, 0.25) is 11.8 Å². The molecule has 0 aliphatic carbocycles. The number of rotatable bonds is 4. The van der Waals surface area contributed by atoms with Crippen molar-refractivity contribution in [1.82, 2.24) is 15.1 Å². The minimum absolute atomic E-state index is 0. The number of amides is 3. The van der Waals surface area contributed by atoms with Crippen LogP contribution in [0.2, 0.25) is 0 Å². The number of carbonyl (C=O) groups excluding carboxylic acids is 3. The van der Waals surface area contributed by atoms with Crippen molar-refractivity contribution in [2.75, 3.05) is 39.3 Å². The summed E-state index contributed by atoms with van der Waals surface area (Å²) in [6.07, 6.45) is -4.45. The fourth-order valence-electron chi connectivity index (χ4n) is 2.50. The smallest absolute Gasteiger partial charge is 0.346 e. The maximum atomic E-state index is 12.6. The van der Waals surface area contributed by atoms with E-state index in [2.05, 4.69) is 5.32 Å². The summed E-state index contributed by atoms with van der Waals surface area (Å²) >= 11 is 0. The van der Waals surface area contributed by atoms with Crippen LogP contribution in [-0.2, 0) is 15.8 Å². The minimum Gasteiger partial charge on any atom is -0.346 e. The van der Waals surface area contributed by atoms with Gasteiger partial charge in [0, 0.05) is 31.7 Å². The third-order valence-corrected chi connectivity index (χ3v) is 4.00. The Labute approximate surface area is 160 Å². The first-order valence-corrected chi connectivity index (χ1v) is 7.93. The highest BCUT2D eigenvalue weighted by Gasteiger charge is 2.31. The standard InChI is InChI=1S/C16H19F3N4O3.ClH/c17-16(18,19)12-3-1-11(2-4-12)15(26)23-7-5-22(6-8-23)14(25)10-21-13(24)9-20;/h1-4H,5-10,20H2,(H,21,24);1H. The monoisotopic (exact) mass is 408 g/mol. The van der Waals surface area contributed by atoms with E-state index in [-0.39, 0.29) is 69.1 Å². The zero-order valence-electron chi connectivity index (χ0n) is 14.3. The maximum absolute atomic E-state index is 12.6. The van der Waals surface area contributed by atoms with E-state index < -0.39 is 17.6 Å². The number of halogens is 4. The normalized spacial score (nSPS) is 14.4. The Hall–Kier alpha value is -2.33. The second-order valence-corrected chi connectivity index (χ2v) is 5.73. The van der Waals surface area contributed by atoms with Crippen molar-refractivity contribution in [3.8, 4) is 0 Å². The topological polar surface area (TPSA) is 95.7 Å². The summed E-state index contributed by atoms with van der Waals surface area (Å²) < 4.78 is 37.7. The molecule has 0 aromatic heterocycles. The number of benzene rings is 1. The molecule has 3 N–H and O–H groups in total. The number of nitrogens with one attached hydrogen (secondary N) is 1. The van der Waals surface area contributed by atoms with Gasteiger partial charge in [-0.25, -0.2) is 0 Å². The molecule has 150 valence electrons. The summed E-state index contributed by atoms with van der Waals surface area (Å²) in [5, 5.41) is 2.38. The van der Waals surface area contributed by atoms with E-state index in [4.69, 9.17) is 5.73 Å². The fraction of sp³-hybridized carbons (Fsp3) is 0.438. The third-order valence-electron chi connectivity index (χ3n) is 4.00. The van der Waals surface area contributed by atoms with Crippen molar-refractivity contribution >= 4 is 30.1 Å². The Kier molecular flexibility index (Phi) is 8.04. The maximum Gasteiger partial charge on any atom is 0.416 e. The lowest BCUT2D eigenvalue weighted by atomic mass is 10.1. The van der Waals surface area contributed by atoms with Crippen molar-refractivity contribution in [3.05, 3.63) is 35.4 Å². The van der Waals surface area contributed by atoms with Crippen molar-refractivity contribution in [1.29, 1.82) is 0 Å². The summed E-state index contributed by atoms with van der Waals surface area (Å²) in [6, 6.07) is 4.02. The average Bonchev–Trinajstić information content (AvgIpc) is 2.64. The van der Waals surface area contributed by atoms with E-state index in [1.807, 2.05) is 0 Å². The van der Waals surface area contributed by atoms with Gasteiger partial charge in [-0.1, -0.05) is 0 Å². The van der Waals surface area contributed by atoms with Crippen molar-refractivity contribution in [2.24, 2.45) is 5.73 Å². The number of carbonyl (C=O) groups is 3. The molecule has 1 fully saturated rings. The zero-order valence-corrected chi connectivity index (χ0v) is 15.1. The average molecular weight is 409 g/mol. The van der Waals surface area contributed by atoms with Crippen LogP contribution in [0, 0.1) is 0 Å². The number of hydrogen-bond acceptors (Lipinski definition) is 4. The van der Waals surface area contributed by atoms with Crippen LogP contribution in [0.3, 0.4) is 0 Å². The van der Waals surface area contributed by atoms with E-state index in [1.54, 1.807) is 0 Å². The Bertz CT molecular complexity index is 674. The molecule has 0 unspecified atom stereocenters. The lowest BCUT2D eigenvalue weighted by Crippen LogP contribution is -2.52. The molecule has 11 heteroatoms. The van der Waals surface area contributed by atoms with E-state index in [0.29, 0.717) is 0 Å². The van der Waals surface area contributed by atoms with E-state index >= 15 is 0 Å². The molecule has 2 rings (SSSR count). The highest BCUT2D eigenvalue weighted by atomic mass is 35.5. The summed E-state index contributed by atoms with van der Waals surface area (Å²) in [7, 11) is 0. The molecule has 1 aliphatic rings. The molecule has 0 spiro atoms. The number of nitrogens with two attached hydrogens (primary N) is 1. The van der Waals surface area contributed by atoms with Crippen LogP contribution in [-0.4, -0.2) is 66.8 Å². The van der Waals surface area contributed by atoms with Gasteiger partial charge in [0.05, 0.1) is 18.7 Å². The lowest BCUT2D eigenvalue weighted by molar-refractivity contribution is -0.137. The predicted octanol–water partition coefficient (Wildman–Crippen LogP) is 0.487. The number of alkyl halides is 3. The molecule has 1 saturated heterocycles. The van der Waals surface area contributed by atoms with Gasteiger partial charge < -0.3 is 20.9 Å². The van der Waals surface area contributed by atoms with Gasteiger partial charge in [0.25, 0.3) is 5.91 Å². The van der Waals surface area contributed by atoms with Gasteiger partial charge in [-0.2, -0.15) is 13.2 Å². The first-order chi connectivity index (χ1) is 12.2. The summed E-state index contributed by atoms with van der Waals surface area (Å²) in [5.41, 5.74) is 4.48. The molecule has 0 saturated carbocycles. The summed E-state index contributed by atoms with van der Waals surface area (Å²) in [4.78, 5) is 38.4. The van der Waals surface area contributed by atoms with Crippen LogP contribution in [0.25, 0.3) is 0 Å². The van der Waals surface area contributed by atoms with Crippen LogP contribution < -0.4 is 11.1 Å². The van der Waals surface area contributed by atoms with Crippen LogP contribution in [0.1, 0.15) is 15.9 Å². The van der Waals surface area contributed by atoms with E-state index in [0.717, 1.165) is 24.3 Å².